The van der Waals surface area contributed by atoms with Crippen molar-refractivity contribution in [3.63, 3.8) is 0 Å². The molecule has 0 amide bonds. The van der Waals surface area contributed by atoms with Crippen molar-refractivity contribution >= 4 is 132 Å². The van der Waals surface area contributed by atoms with Gasteiger partial charge in [-0.2, -0.15) is 0 Å². The lowest BCUT2D eigenvalue weighted by Gasteiger charge is -2.04. The molecule has 0 saturated heterocycles. The SMILES string of the molecule is BrB(Br)Br.C.COc1ccc(Br)c(C(=O)O)c1.COc1ccc2c(c1)c(=O)oc1cc(O)ccc12.O=c1oc2cc(O)ccc2c2ccc(O)cc12.Oc1cccc(Br)c1. The Labute approximate surface area is 384 Å². The highest BCUT2D eigenvalue weighted by Gasteiger charge is 2.11. The summed E-state index contributed by atoms with van der Waals surface area (Å²) in [6, 6.07) is 30.8. The summed E-state index contributed by atoms with van der Waals surface area (Å²) >= 11 is 15.6. The van der Waals surface area contributed by atoms with Crippen LogP contribution in [0.15, 0.2) is 143 Å². The summed E-state index contributed by atoms with van der Waals surface area (Å²) in [5.74, 6) is 0.587. The number of carbonyl (C=O) groups is 1. The number of fused-ring (bicyclic) bond motifs is 6. The molecular weight excluding hydrogens is 1110 g/mol. The van der Waals surface area contributed by atoms with Crippen LogP contribution >= 0.6 is 79.1 Å². The highest BCUT2D eigenvalue weighted by Crippen LogP contribution is 2.29. The van der Waals surface area contributed by atoms with Crippen LogP contribution in [-0.2, 0) is 0 Å². The van der Waals surface area contributed by atoms with E-state index in [1.165, 1.54) is 43.5 Å². The molecule has 12 nitrogen and oxygen atoms in total. The fourth-order valence-corrected chi connectivity index (χ4v) is 6.01. The fraction of sp³-hybridized carbons (Fsp3) is 0.0714. The van der Waals surface area contributed by atoms with E-state index in [-0.39, 0.29) is 33.4 Å². The van der Waals surface area contributed by atoms with Crippen molar-refractivity contribution in [1.82, 2.24) is 0 Å². The molecule has 60 heavy (non-hydrogen) atoms. The molecule has 6 aromatic carbocycles. The third kappa shape index (κ3) is 13.8. The summed E-state index contributed by atoms with van der Waals surface area (Å²) in [4.78, 5) is 34.2. The fourth-order valence-electron chi connectivity index (χ4n) is 5.21. The minimum Gasteiger partial charge on any atom is -0.508 e. The van der Waals surface area contributed by atoms with E-state index in [9.17, 15) is 29.7 Å². The van der Waals surface area contributed by atoms with Gasteiger partial charge in [0.1, 0.15) is 45.7 Å². The van der Waals surface area contributed by atoms with E-state index in [2.05, 4.69) is 79.1 Å². The highest BCUT2D eigenvalue weighted by atomic mass is 79.9. The van der Waals surface area contributed by atoms with Gasteiger partial charge in [0.25, 0.3) is 0 Å². The molecule has 0 aliphatic heterocycles. The summed E-state index contributed by atoms with van der Waals surface area (Å²) in [5, 5.41) is 49.3. The molecule has 0 unspecified atom stereocenters. The number of phenols is 4. The zero-order valence-electron chi connectivity index (χ0n) is 30.5. The normalized spacial score (nSPS) is 9.98. The zero-order chi connectivity index (χ0) is 43.4. The average molecular weight is 1140 g/mol. The van der Waals surface area contributed by atoms with E-state index in [4.69, 9.17) is 28.5 Å². The van der Waals surface area contributed by atoms with Crippen LogP contribution in [-0.4, -0.2) is 48.9 Å². The van der Waals surface area contributed by atoms with Gasteiger partial charge in [-0.05, 0) is 113 Å². The number of halogens is 5. The summed E-state index contributed by atoms with van der Waals surface area (Å²) in [7, 11) is 3.04. The largest absolute Gasteiger partial charge is 0.508 e. The lowest BCUT2D eigenvalue weighted by atomic mass is 10.1. The van der Waals surface area contributed by atoms with E-state index in [0.29, 0.717) is 49.0 Å². The summed E-state index contributed by atoms with van der Waals surface area (Å²) in [6.45, 7) is 0. The Morgan fingerprint density at radius 1 is 0.550 bits per heavy atom. The predicted octanol–water partition coefficient (Wildman–Crippen LogP) is 12.1. The molecule has 0 fully saturated rings. The number of aromatic hydroxyl groups is 4. The summed E-state index contributed by atoms with van der Waals surface area (Å²) in [6.07, 6.45) is 0. The number of aromatic carboxylic acids is 1. The van der Waals surface area contributed by atoms with Gasteiger partial charge in [0.05, 0.1) is 30.6 Å². The van der Waals surface area contributed by atoms with Crippen molar-refractivity contribution in [3.05, 3.63) is 151 Å². The molecule has 312 valence electrons. The van der Waals surface area contributed by atoms with Gasteiger partial charge in [0.2, 0.25) is 0 Å². The Morgan fingerprint density at radius 3 is 1.42 bits per heavy atom. The number of phenolic OH excluding ortho intramolecular Hbond substituents is 4. The van der Waals surface area contributed by atoms with Crippen LogP contribution in [0, 0.1) is 0 Å². The van der Waals surface area contributed by atoms with Crippen LogP contribution in [0.5, 0.6) is 34.5 Å². The van der Waals surface area contributed by atoms with Crippen LogP contribution in [0.25, 0.3) is 43.5 Å². The molecule has 2 heterocycles. The lowest BCUT2D eigenvalue weighted by molar-refractivity contribution is 0.0695. The minimum absolute atomic E-state index is 0. The molecule has 0 aliphatic carbocycles. The summed E-state index contributed by atoms with van der Waals surface area (Å²) < 4.78 is 22.0. The molecule has 0 radical (unpaired) electrons. The van der Waals surface area contributed by atoms with Crippen molar-refractivity contribution in [2.24, 2.45) is 0 Å². The number of ether oxygens (including phenoxy) is 2. The molecular formula is C42H34BBr5O12. The first-order valence-corrected chi connectivity index (χ1v) is 20.9. The third-order valence-electron chi connectivity index (χ3n) is 7.80. The molecule has 8 rings (SSSR count). The quantitative estimate of drug-likeness (QED) is 0.0639. The van der Waals surface area contributed by atoms with Crippen LogP contribution < -0.4 is 20.7 Å². The van der Waals surface area contributed by atoms with Crippen LogP contribution in [0.3, 0.4) is 0 Å². The average Bonchev–Trinajstić information content (AvgIpc) is 3.18. The van der Waals surface area contributed by atoms with E-state index in [0.717, 1.165) is 20.6 Å². The van der Waals surface area contributed by atoms with Crippen molar-refractivity contribution in [3.8, 4) is 34.5 Å². The Morgan fingerprint density at radius 2 is 0.967 bits per heavy atom. The second-order valence-electron chi connectivity index (χ2n) is 11.7. The second-order valence-corrected chi connectivity index (χ2v) is 19.9. The lowest BCUT2D eigenvalue weighted by Crippen LogP contribution is -2.00. The number of benzene rings is 6. The zero-order valence-corrected chi connectivity index (χ0v) is 38.5. The molecule has 2 aromatic heterocycles. The van der Waals surface area contributed by atoms with Gasteiger partial charge in [-0.1, -0.05) is 29.4 Å². The number of methoxy groups -OCH3 is 2. The maximum absolute atomic E-state index is 11.9. The molecule has 0 atom stereocenters. The molecule has 18 heteroatoms. The van der Waals surface area contributed by atoms with Crippen LogP contribution in [0.2, 0.25) is 0 Å². The van der Waals surface area contributed by atoms with Gasteiger partial charge in [-0.25, -0.2) is 14.4 Å². The number of hydrogen-bond donors (Lipinski definition) is 5. The Hall–Kier alpha value is -5.01. The Kier molecular flexibility index (Phi) is 19.0. The van der Waals surface area contributed by atoms with Crippen molar-refractivity contribution in [2.45, 2.75) is 7.43 Å². The minimum atomic E-state index is -0.972. The van der Waals surface area contributed by atoms with Crippen LogP contribution in [0.1, 0.15) is 17.8 Å². The van der Waals surface area contributed by atoms with Gasteiger partial charge in [-0.3, -0.25) is 0 Å². The Balaban J connectivity index is 0.000000213. The molecule has 8 aromatic rings. The molecule has 0 aliphatic rings. The monoisotopic (exact) mass is 1140 g/mol. The molecule has 5 N–H and O–H groups in total. The first kappa shape index (κ1) is 49.4. The highest BCUT2D eigenvalue weighted by molar-refractivity contribution is 9.69. The van der Waals surface area contributed by atoms with Gasteiger partial charge < -0.3 is 43.8 Å². The third-order valence-corrected chi connectivity index (χ3v) is 8.98. The van der Waals surface area contributed by atoms with Crippen molar-refractivity contribution < 1.29 is 48.6 Å². The number of hydrogen-bond acceptors (Lipinski definition) is 11. The van der Waals surface area contributed by atoms with Crippen molar-refractivity contribution in [2.75, 3.05) is 14.2 Å². The van der Waals surface area contributed by atoms with E-state index in [1.54, 1.807) is 73.8 Å². The van der Waals surface area contributed by atoms with Gasteiger partial charge >= 0.3 is 20.4 Å². The van der Waals surface area contributed by atoms with Crippen molar-refractivity contribution in [1.29, 1.82) is 0 Å². The summed E-state index contributed by atoms with van der Waals surface area (Å²) in [5.41, 5.74) is -0.0730. The second kappa shape index (κ2) is 23.1. The predicted molar refractivity (Wildman–Crippen MR) is 254 cm³/mol. The van der Waals surface area contributed by atoms with Gasteiger partial charge in [-0.15, -0.1) is 47.3 Å². The van der Waals surface area contributed by atoms with Gasteiger partial charge in [0, 0.05) is 42.6 Å². The molecule has 0 spiro atoms. The first-order chi connectivity index (χ1) is 28.0. The molecule has 0 bridgehead atoms. The number of rotatable bonds is 3. The standard InChI is InChI=1S/C14H10O4.C13H8O4.C8H7BrO3.C6H5BrO.CH4.BBr3/c1-17-9-3-5-10-11-4-2-8(15)6-13(11)18-14(16)12(10)7-9;14-7-1-3-9-10-4-2-8(15)6-12(10)17-13(16)11(9)5-7;1-12-5-2-3-7(9)6(4-5)8(10)11;7-5-2-1-3-6(8)4-5;;2-1(3)4/h2-7,15H,1H3;1-6,14-15H;2-4H,1H3,(H,10,11);1-4,8H;1H4;. The Bertz CT molecular complexity index is 2850. The molecule has 0 saturated carbocycles. The van der Waals surface area contributed by atoms with Gasteiger partial charge in [0.15, 0.2) is 0 Å². The van der Waals surface area contributed by atoms with Crippen LogP contribution in [0.4, 0.5) is 0 Å². The number of carboxylic acid groups (broad SMARTS) is 1. The van der Waals surface area contributed by atoms with E-state index < -0.39 is 17.2 Å². The van der Waals surface area contributed by atoms with E-state index in [1.807, 2.05) is 12.1 Å². The smallest absolute Gasteiger partial charge is 0.369 e. The maximum Gasteiger partial charge on any atom is 0.369 e. The maximum atomic E-state index is 11.9. The topological polar surface area (TPSA) is 197 Å². The first-order valence-electron chi connectivity index (χ1n) is 16.6. The number of carboxylic acids is 1. The van der Waals surface area contributed by atoms with E-state index >= 15 is 0 Å².